The van der Waals surface area contributed by atoms with E-state index in [0.29, 0.717) is 25.7 Å². The van der Waals surface area contributed by atoms with E-state index in [1.54, 1.807) is 0 Å². The van der Waals surface area contributed by atoms with E-state index < -0.39 is 97.5 Å². The van der Waals surface area contributed by atoms with Crippen molar-refractivity contribution in [1.29, 1.82) is 0 Å². The van der Waals surface area contributed by atoms with Gasteiger partial charge in [0.1, 0.15) is 19.3 Å². The van der Waals surface area contributed by atoms with Gasteiger partial charge in [-0.15, -0.1) is 0 Å². The lowest BCUT2D eigenvalue weighted by Crippen LogP contribution is -2.30. The Labute approximate surface area is 569 Å². The molecule has 0 heterocycles. The average molecular weight is 1370 g/mol. The highest BCUT2D eigenvalue weighted by Crippen LogP contribution is 2.45. The quantitative estimate of drug-likeness (QED) is 0.0169. The summed E-state index contributed by atoms with van der Waals surface area (Å²) in [5, 5.41) is 10.6. The van der Waals surface area contributed by atoms with Crippen LogP contribution in [0.2, 0.25) is 0 Å². The van der Waals surface area contributed by atoms with Crippen LogP contribution >= 0.6 is 15.6 Å². The first-order valence-electron chi connectivity index (χ1n) is 36.5. The second-order valence-electron chi connectivity index (χ2n) is 24.1. The van der Waals surface area contributed by atoms with E-state index in [2.05, 4.69) is 125 Å². The monoisotopic (exact) mass is 1360 g/mol. The lowest BCUT2D eigenvalue weighted by atomic mass is 10.1. The van der Waals surface area contributed by atoms with Crippen molar-refractivity contribution in [3.8, 4) is 0 Å². The number of aliphatic hydroxyl groups excluding tert-OH is 1. The van der Waals surface area contributed by atoms with Crippen molar-refractivity contribution in [3.63, 3.8) is 0 Å². The summed E-state index contributed by atoms with van der Waals surface area (Å²) in [6.07, 6.45) is 68.5. The minimum Gasteiger partial charge on any atom is -0.462 e. The summed E-state index contributed by atoms with van der Waals surface area (Å²) >= 11 is 0. The molecule has 0 spiro atoms. The lowest BCUT2D eigenvalue weighted by molar-refractivity contribution is -0.161. The van der Waals surface area contributed by atoms with Gasteiger partial charge in [-0.3, -0.25) is 37.3 Å². The van der Waals surface area contributed by atoms with Gasteiger partial charge >= 0.3 is 39.5 Å². The molecule has 0 fully saturated rings. The molecule has 0 aliphatic carbocycles. The summed E-state index contributed by atoms with van der Waals surface area (Å²) in [5.41, 5.74) is 0. The maximum atomic E-state index is 13.0. The third-order valence-corrected chi connectivity index (χ3v) is 16.9. The number of phosphoric acid groups is 2. The number of esters is 4. The van der Waals surface area contributed by atoms with E-state index >= 15 is 0 Å². The van der Waals surface area contributed by atoms with Crippen LogP contribution in [-0.4, -0.2) is 96.7 Å². The molecule has 0 rings (SSSR count). The van der Waals surface area contributed by atoms with E-state index in [1.807, 2.05) is 0 Å². The molecule has 0 saturated heterocycles. The molecule has 0 aliphatic rings. The highest BCUT2D eigenvalue weighted by molar-refractivity contribution is 7.47. The maximum Gasteiger partial charge on any atom is 0.472 e. The summed E-state index contributed by atoms with van der Waals surface area (Å²) in [6.45, 7) is 4.59. The molecule has 0 aromatic heterocycles. The number of ether oxygens (including phenoxy) is 4. The Morgan fingerprint density at radius 2 is 0.564 bits per heavy atom. The summed E-state index contributed by atoms with van der Waals surface area (Å²) < 4.78 is 68.2. The van der Waals surface area contributed by atoms with Gasteiger partial charge in [-0.2, -0.15) is 0 Å². The van der Waals surface area contributed by atoms with Crippen LogP contribution in [-0.2, 0) is 65.4 Å². The predicted molar refractivity (Wildman–Crippen MR) is 381 cm³/mol. The fourth-order valence-electron chi connectivity index (χ4n) is 9.39. The van der Waals surface area contributed by atoms with E-state index in [-0.39, 0.29) is 25.7 Å². The molecular weight excluding hydrogens is 1230 g/mol. The molecule has 0 amide bonds. The molecule has 17 nitrogen and oxygen atoms in total. The van der Waals surface area contributed by atoms with Crippen molar-refractivity contribution < 1.29 is 80.2 Å². The highest BCUT2D eigenvalue weighted by atomic mass is 31.2. The number of hydrogen-bond acceptors (Lipinski definition) is 15. The topological polar surface area (TPSA) is 237 Å². The van der Waals surface area contributed by atoms with E-state index in [1.165, 1.54) is 57.8 Å². The SMILES string of the molecule is CC/C=C\C/C=C\C/C=C\C/C=C\CCCCC(=O)OCC(COP(=O)(O)OCC(O)COP(=O)(O)OCC(COC(=O)CCCCCCC/C=C\C/C=C\CCCCC)OC(=O)CCCCCCC/C=C\CCCC)OC(=O)CCCCCCC/C=C\CCCCCC. The molecule has 0 radical (unpaired) electrons. The number of rotatable bonds is 68. The van der Waals surface area contributed by atoms with Crippen molar-refractivity contribution in [2.75, 3.05) is 39.6 Å². The molecule has 0 aliphatic heterocycles. The molecule has 3 N–H and O–H groups in total. The molecule has 0 saturated carbocycles. The van der Waals surface area contributed by atoms with Crippen molar-refractivity contribution in [2.45, 2.75) is 316 Å². The van der Waals surface area contributed by atoms with Crippen molar-refractivity contribution >= 4 is 39.5 Å². The molecule has 5 atom stereocenters. The van der Waals surface area contributed by atoms with Crippen LogP contribution in [0.3, 0.4) is 0 Å². The van der Waals surface area contributed by atoms with Crippen LogP contribution < -0.4 is 0 Å². The number of hydrogen-bond donors (Lipinski definition) is 3. The van der Waals surface area contributed by atoms with Crippen molar-refractivity contribution in [2.24, 2.45) is 0 Å². The maximum absolute atomic E-state index is 13.0. The number of unbranched alkanes of at least 4 members (excludes halogenated alkanes) is 26. The fourth-order valence-corrected chi connectivity index (χ4v) is 11.0. The van der Waals surface area contributed by atoms with Gasteiger partial charge in [0.15, 0.2) is 12.2 Å². The fraction of sp³-hybridized carbons (Fsp3) is 0.733. The molecule has 94 heavy (non-hydrogen) atoms. The Bertz CT molecular complexity index is 2170. The second kappa shape index (κ2) is 67.5. The second-order valence-corrected chi connectivity index (χ2v) is 27.0. The highest BCUT2D eigenvalue weighted by Gasteiger charge is 2.30. The molecule has 0 bridgehead atoms. The first kappa shape index (κ1) is 90.0. The number of phosphoric ester groups is 2. The van der Waals surface area contributed by atoms with Crippen molar-refractivity contribution in [1.82, 2.24) is 0 Å². The zero-order valence-corrected chi connectivity index (χ0v) is 60.7. The van der Waals surface area contributed by atoms with Crippen molar-refractivity contribution in [3.05, 3.63) is 97.2 Å². The molecule has 5 unspecified atom stereocenters. The number of allylic oxidation sites excluding steroid dienone is 16. The largest absolute Gasteiger partial charge is 0.472 e. The van der Waals surface area contributed by atoms with Gasteiger partial charge in [-0.25, -0.2) is 9.13 Å². The molecule has 0 aromatic carbocycles. The van der Waals surface area contributed by atoms with Crippen LogP contribution in [0.5, 0.6) is 0 Å². The number of aliphatic hydroxyl groups is 1. The molecular formula is C75H130O17P2. The first-order chi connectivity index (χ1) is 45.7. The Balaban J connectivity index is 5.36. The van der Waals surface area contributed by atoms with E-state index in [4.69, 9.17) is 37.0 Å². The zero-order chi connectivity index (χ0) is 69.0. The minimum absolute atomic E-state index is 0.0752. The number of carbonyl (C=O) groups is 4. The molecule has 0 aromatic rings. The minimum atomic E-state index is -4.98. The first-order valence-corrected chi connectivity index (χ1v) is 39.5. The van der Waals surface area contributed by atoms with Crippen LogP contribution in [0, 0.1) is 0 Å². The van der Waals surface area contributed by atoms with Gasteiger partial charge < -0.3 is 33.8 Å². The van der Waals surface area contributed by atoms with Crippen LogP contribution in [0.25, 0.3) is 0 Å². The summed E-state index contributed by atoms with van der Waals surface area (Å²) in [7, 11) is -9.95. The van der Waals surface area contributed by atoms with Crippen LogP contribution in [0.4, 0.5) is 0 Å². The third-order valence-electron chi connectivity index (χ3n) is 15.0. The van der Waals surface area contributed by atoms with Gasteiger partial charge in [-0.1, -0.05) is 228 Å². The summed E-state index contributed by atoms with van der Waals surface area (Å²) in [5.74, 6) is -2.25. The third kappa shape index (κ3) is 66.6. The van der Waals surface area contributed by atoms with Gasteiger partial charge in [0.05, 0.1) is 26.4 Å². The molecule has 542 valence electrons. The predicted octanol–water partition coefficient (Wildman–Crippen LogP) is 20.4. The van der Waals surface area contributed by atoms with Crippen LogP contribution in [0.15, 0.2) is 97.2 Å². The van der Waals surface area contributed by atoms with Gasteiger partial charge in [0, 0.05) is 25.7 Å². The Kier molecular flexibility index (Phi) is 64.7. The summed E-state index contributed by atoms with van der Waals surface area (Å²) in [6, 6.07) is 0. The standard InChI is InChI=1S/C75H130O17P2/c1-5-9-13-17-21-25-29-32-34-37-40-43-47-51-55-59-72(77)85-65-70(91-74(79)61-57-53-49-45-39-28-24-20-16-12-8-4)67-89-93(81,82)87-63-69(76)64-88-94(83,84)90-68-71(92-75(80)62-58-54-50-46-42-36-31-27-23-19-15-11-7-3)66-86-73(78)60-56-52-48-44-41-38-35-33-30-26-22-18-14-10-6-2/h10,14,20-22,24-27,31-35,41,44,69-71,76H,5-9,11-13,15-19,23,28-30,36-40,42-43,45-68H2,1-4H3,(H,81,82)(H,83,84)/b14-10-,24-20-,25-21-,26-22-,31-27-,34-32-,35-33-,44-41-. The normalized spacial score (nSPS) is 14.6. The van der Waals surface area contributed by atoms with Gasteiger partial charge in [-0.05, 0) is 141 Å². The lowest BCUT2D eigenvalue weighted by Gasteiger charge is -2.21. The Morgan fingerprint density at radius 1 is 0.309 bits per heavy atom. The Hall–Kier alpha value is -4.02. The van der Waals surface area contributed by atoms with Crippen LogP contribution in [0.1, 0.15) is 297 Å². The average Bonchev–Trinajstić information content (AvgIpc) is 1.55. The van der Waals surface area contributed by atoms with E-state index in [9.17, 15) is 43.2 Å². The van der Waals surface area contributed by atoms with E-state index in [0.717, 1.165) is 161 Å². The zero-order valence-electron chi connectivity index (χ0n) is 58.9. The van der Waals surface area contributed by atoms with Gasteiger partial charge in [0.2, 0.25) is 0 Å². The molecule has 19 heteroatoms. The summed E-state index contributed by atoms with van der Waals surface area (Å²) in [4.78, 5) is 72.6. The Morgan fingerprint density at radius 3 is 0.936 bits per heavy atom. The smallest absolute Gasteiger partial charge is 0.462 e. The number of carbonyl (C=O) groups excluding carboxylic acids is 4. The van der Waals surface area contributed by atoms with Gasteiger partial charge in [0.25, 0.3) is 0 Å².